The fraction of sp³-hybridized carbons (Fsp3) is 0.158. The maximum Gasteiger partial charge on any atom is 0.273 e. The summed E-state index contributed by atoms with van der Waals surface area (Å²) in [4.78, 5) is 15.5. The largest absolute Gasteiger partial charge is 0.497 e. The molecule has 5 heteroatoms. The molecule has 0 unspecified atom stereocenters. The summed E-state index contributed by atoms with van der Waals surface area (Å²) in [5, 5.41) is 5.18. The molecule has 24 heavy (non-hydrogen) atoms. The van der Waals surface area contributed by atoms with Crippen molar-refractivity contribution in [1.82, 2.24) is 10.4 Å². The SMILES string of the molecule is CC/C(=N\NC(=O)c1c[nH]c2ccccc12)c1ccc(OC)cc1. The van der Waals surface area contributed by atoms with E-state index < -0.39 is 0 Å². The van der Waals surface area contributed by atoms with E-state index in [2.05, 4.69) is 15.5 Å². The van der Waals surface area contributed by atoms with Gasteiger partial charge in [-0.15, -0.1) is 0 Å². The number of methoxy groups -OCH3 is 1. The number of rotatable bonds is 5. The summed E-state index contributed by atoms with van der Waals surface area (Å²) >= 11 is 0. The van der Waals surface area contributed by atoms with Crippen molar-refractivity contribution in [2.45, 2.75) is 13.3 Å². The van der Waals surface area contributed by atoms with Gasteiger partial charge in [-0.25, -0.2) is 5.43 Å². The molecule has 0 bridgehead atoms. The molecule has 1 aromatic heterocycles. The van der Waals surface area contributed by atoms with Gasteiger partial charge in [-0.3, -0.25) is 4.79 Å². The van der Waals surface area contributed by atoms with Crippen LogP contribution in [0.4, 0.5) is 0 Å². The van der Waals surface area contributed by atoms with E-state index in [1.54, 1.807) is 13.3 Å². The average Bonchev–Trinajstić information content (AvgIpc) is 3.07. The van der Waals surface area contributed by atoms with Crippen LogP contribution in [-0.2, 0) is 0 Å². The molecule has 0 aliphatic rings. The van der Waals surface area contributed by atoms with Gasteiger partial charge in [-0.2, -0.15) is 5.10 Å². The van der Waals surface area contributed by atoms with E-state index in [0.717, 1.165) is 27.9 Å². The lowest BCUT2D eigenvalue weighted by molar-refractivity contribution is 0.0956. The Balaban J connectivity index is 1.80. The third-order valence-corrected chi connectivity index (χ3v) is 3.88. The van der Waals surface area contributed by atoms with Crippen LogP contribution in [0.25, 0.3) is 10.9 Å². The molecular formula is C19H19N3O2. The van der Waals surface area contributed by atoms with Gasteiger partial charge in [0, 0.05) is 17.1 Å². The van der Waals surface area contributed by atoms with Gasteiger partial charge in [0.2, 0.25) is 0 Å². The highest BCUT2D eigenvalue weighted by atomic mass is 16.5. The molecule has 0 radical (unpaired) electrons. The van der Waals surface area contributed by atoms with Crippen molar-refractivity contribution in [2.75, 3.05) is 7.11 Å². The number of para-hydroxylation sites is 1. The van der Waals surface area contributed by atoms with Crippen molar-refractivity contribution < 1.29 is 9.53 Å². The Bertz CT molecular complexity index is 879. The first kappa shape index (κ1) is 15.8. The summed E-state index contributed by atoms with van der Waals surface area (Å²) in [5.41, 5.74) is 5.93. The molecule has 2 aromatic carbocycles. The van der Waals surface area contributed by atoms with E-state index in [9.17, 15) is 4.79 Å². The van der Waals surface area contributed by atoms with E-state index in [4.69, 9.17) is 4.74 Å². The Morgan fingerprint density at radius 3 is 2.62 bits per heavy atom. The van der Waals surface area contributed by atoms with Gasteiger partial charge in [-0.05, 0) is 42.3 Å². The number of aromatic amines is 1. The Hall–Kier alpha value is -3.08. The molecule has 0 saturated carbocycles. The van der Waals surface area contributed by atoms with Gasteiger partial charge >= 0.3 is 0 Å². The smallest absolute Gasteiger partial charge is 0.273 e. The molecule has 1 heterocycles. The number of hydrazone groups is 1. The number of fused-ring (bicyclic) bond motifs is 1. The Kier molecular flexibility index (Phi) is 4.61. The molecule has 0 fully saturated rings. The van der Waals surface area contributed by atoms with Crippen LogP contribution in [0.3, 0.4) is 0 Å². The van der Waals surface area contributed by atoms with E-state index in [-0.39, 0.29) is 5.91 Å². The molecule has 3 rings (SSSR count). The second-order valence-electron chi connectivity index (χ2n) is 5.33. The van der Waals surface area contributed by atoms with Crippen molar-refractivity contribution in [1.29, 1.82) is 0 Å². The minimum absolute atomic E-state index is 0.230. The number of ether oxygens (including phenoxy) is 1. The molecule has 0 aliphatic heterocycles. The lowest BCUT2D eigenvalue weighted by atomic mass is 10.1. The molecule has 3 aromatic rings. The number of nitrogens with zero attached hydrogens (tertiary/aromatic N) is 1. The van der Waals surface area contributed by atoms with E-state index >= 15 is 0 Å². The first-order valence-electron chi connectivity index (χ1n) is 7.80. The number of carbonyl (C=O) groups is 1. The molecule has 1 amide bonds. The van der Waals surface area contributed by atoms with Crippen molar-refractivity contribution in [3.63, 3.8) is 0 Å². The molecule has 2 N–H and O–H groups in total. The number of aromatic nitrogens is 1. The van der Waals surface area contributed by atoms with E-state index in [1.165, 1.54) is 0 Å². The van der Waals surface area contributed by atoms with Crippen LogP contribution in [0.1, 0.15) is 29.3 Å². The highest BCUT2D eigenvalue weighted by molar-refractivity contribution is 6.07. The first-order chi connectivity index (χ1) is 11.7. The predicted molar refractivity (Wildman–Crippen MR) is 95.6 cm³/mol. The van der Waals surface area contributed by atoms with Crippen LogP contribution in [-0.4, -0.2) is 23.7 Å². The van der Waals surface area contributed by atoms with Gasteiger partial charge in [0.25, 0.3) is 5.91 Å². The van der Waals surface area contributed by atoms with Crippen molar-refractivity contribution in [3.8, 4) is 5.75 Å². The molecule has 0 aliphatic carbocycles. The summed E-state index contributed by atoms with van der Waals surface area (Å²) in [6, 6.07) is 15.3. The van der Waals surface area contributed by atoms with Crippen molar-refractivity contribution in [2.24, 2.45) is 5.10 Å². The fourth-order valence-electron chi connectivity index (χ4n) is 2.57. The number of benzene rings is 2. The number of H-pyrrole nitrogens is 1. The third kappa shape index (κ3) is 3.15. The van der Waals surface area contributed by atoms with Crippen LogP contribution in [0.5, 0.6) is 5.75 Å². The third-order valence-electron chi connectivity index (χ3n) is 3.88. The highest BCUT2D eigenvalue weighted by Gasteiger charge is 2.11. The predicted octanol–water partition coefficient (Wildman–Crippen LogP) is 3.72. The number of carbonyl (C=O) groups excluding carboxylic acids is 1. The monoisotopic (exact) mass is 321 g/mol. The molecule has 0 atom stereocenters. The topological polar surface area (TPSA) is 66.5 Å². The first-order valence-corrected chi connectivity index (χ1v) is 7.80. The van der Waals surface area contributed by atoms with Crippen LogP contribution in [0, 0.1) is 0 Å². The summed E-state index contributed by atoms with van der Waals surface area (Å²) in [7, 11) is 1.63. The van der Waals surface area contributed by atoms with Crippen molar-refractivity contribution >= 4 is 22.5 Å². The summed E-state index contributed by atoms with van der Waals surface area (Å²) in [6.45, 7) is 2.00. The van der Waals surface area contributed by atoms with E-state index in [1.807, 2.05) is 55.5 Å². The van der Waals surface area contributed by atoms with Gasteiger partial charge in [0.05, 0.1) is 18.4 Å². The zero-order chi connectivity index (χ0) is 16.9. The van der Waals surface area contributed by atoms with Gasteiger partial charge < -0.3 is 9.72 Å². The van der Waals surface area contributed by atoms with Crippen LogP contribution < -0.4 is 10.2 Å². The number of amides is 1. The highest BCUT2D eigenvalue weighted by Crippen LogP contribution is 2.17. The standard InChI is InChI=1S/C19H19N3O2/c1-3-17(13-8-10-14(24-2)11-9-13)21-22-19(23)16-12-20-18-7-5-4-6-15(16)18/h4-12,20H,3H2,1-2H3,(H,22,23)/b21-17+. The van der Waals surface area contributed by atoms with Crippen molar-refractivity contribution in [3.05, 3.63) is 65.9 Å². The number of hydrogen-bond acceptors (Lipinski definition) is 3. The minimum atomic E-state index is -0.230. The number of hydrogen-bond donors (Lipinski definition) is 2. The van der Waals surface area contributed by atoms with Crippen LogP contribution >= 0.6 is 0 Å². The normalized spacial score (nSPS) is 11.5. The zero-order valence-electron chi connectivity index (χ0n) is 13.7. The molecule has 0 spiro atoms. The second kappa shape index (κ2) is 7.00. The average molecular weight is 321 g/mol. The van der Waals surface area contributed by atoms with E-state index in [0.29, 0.717) is 12.0 Å². The Morgan fingerprint density at radius 1 is 1.17 bits per heavy atom. The zero-order valence-corrected chi connectivity index (χ0v) is 13.7. The lowest BCUT2D eigenvalue weighted by Gasteiger charge is -2.06. The molecule has 5 nitrogen and oxygen atoms in total. The van der Waals surface area contributed by atoms with Gasteiger partial charge in [0.1, 0.15) is 5.75 Å². The lowest BCUT2D eigenvalue weighted by Crippen LogP contribution is -2.19. The van der Waals surface area contributed by atoms with Gasteiger partial charge in [-0.1, -0.05) is 25.1 Å². The second-order valence-corrected chi connectivity index (χ2v) is 5.33. The molecule has 122 valence electrons. The maximum absolute atomic E-state index is 12.4. The Labute approximate surface area is 140 Å². The van der Waals surface area contributed by atoms with Gasteiger partial charge in [0.15, 0.2) is 0 Å². The summed E-state index contributed by atoms with van der Waals surface area (Å²) in [5.74, 6) is 0.559. The van der Waals surface area contributed by atoms with Crippen LogP contribution in [0.2, 0.25) is 0 Å². The summed E-state index contributed by atoms with van der Waals surface area (Å²) < 4.78 is 5.16. The number of nitrogens with one attached hydrogen (secondary N) is 2. The summed E-state index contributed by atoms with van der Waals surface area (Å²) in [6.07, 6.45) is 2.41. The minimum Gasteiger partial charge on any atom is -0.497 e. The quantitative estimate of drug-likeness (QED) is 0.555. The maximum atomic E-state index is 12.4. The van der Waals surface area contributed by atoms with Crippen LogP contribution in [0.15, 0.2) is 59.8 Å². The fourth-order valence-corrected chi connectivity index (χ4v) is 2.57. The molecular weight excluding hydrogens is 302 g/mol. The Morgan fingerprint density at radius 2 is 1.92 bits per heavy atom. The molecule has 0 saturated heterocycles.